The fraction of sp³-hybridized carbons (Fsp3) is 0.286. The van der Waals surface area contributed by atoms with E-state index in [9.17, 15) is 9.59 Å². The predicted octanol–water partition coefficient (Wildman–Crippen LogP) is 2.75. The number of carbonyl (C=O) groups is 2. The van der Waals surface area contributed by atoms with E-state index in [4.69, 9.17) is 4.74 Å². The number of aliphatic imine (C=N–C) groups is 1. The van der Waals surface area contributed by atoms with E-state index in [1.807, 2.05) is 43.4 Å². The van der Waals surface area contributed by atoms with Gasteiger partial charge in [0, 0.05) is 12.2 Å². The molecule has 0 fully saturated rings. The molecular weight excluding hydrogens is 328 g/mol. The third kappa shape index (κ3) is 3.67. The Morgan fingerprint density at radius 2 is 2.04 bits per heavy atom. The van der Waals surface area contributed by atoms with Crippen LogP contribution in [-0.4, -0.2) is 30.7 Å². The lowest BCUT2D eigenvalue weighted by atomic mass is 9.85. The zero-order valence-corrected chi connectivity index (χ0v) is 15.0. The lowest BCUT2D eigenvalue weighted by Crippen LogP contribution is -2.37. The number of ether oxygens (including phenoxy) is 1. The summed E-state index contributed by atoms with van der Waals surface area (Å²) in [5, 5.41) is 3.31. The number of nitrogens with one attached hydrogen (secondary N) is 1. The van der Waals surface area contributed by atoms with E-state index in [2.05, 4.69) is 22.4 Å². The van der Waals surface area contributed by atoms with E-state index in [1.54, 1.807) is 6.92 Å². The molecule has 1 aliphatic carbocycles. The normalized spacial score (nSPS) is 18.8. The van der Waals surface area contributed by atoms with E-state index < -0.39 is 11.9 Å². The molecule has 134 valence electrons. The van der Waals surface area contributed by atoms with Crippen molar-refractivity contribution >= 4 is 17.6 Å². The van der Waals surface area contributed by atoms with Gasteiger partial charge in [-0.15, -0.1) is 0 Å². The van der Waals surface area contributed by atoms with Gasteiger partial charge >= 0.3 is 5.97 Å². The molecule has 5 heteroatoms. The van der Waals surface area contributed by atoms with Crippen molar-refractivity contribution in [3.05, 3.63) is 71.0 Å². The molecule has 1 aliphatic heterocycles. The summed E-state index contributed by atoms with van der Waals surface area (Å²) in [5.41, 5.74) is 3.39. The minimum Gasteiger partial charge on any atom is -0.462 e. The van der Waals surface area contributed by atoms with Crippen molar-refractivity contribution in [2.45, 2.75) is 20.3 Å². The van der Waals surface area contributed by atoms with E-state index >= 15 is 0 Å². The lowest BCUT2D eigenvalue weighted by Gasteiger charge is -2.28. The maximum absolute atomic E-state index is 12.5. The topological polar surface area (TPSA) is 67.8 Å². The van der Waals surface area contributed by atoms with Gasteiger partial charge in [0.25, 0.3) is 5.91 Å². The molecule has 0 radical (unpaired) electrons. The van der Waals surface area contributed by atoms with Crippen LogP contribution in [0, 0.1) is 5.92 Å². The number of carbonyl (C=O) groups excluding carboxylic acids is 2. The predicted molar refractivity (Wildman–Crippen MR) is 101 cm³/mol. The molecule has 0 saturated carbocycles. The zero-order chi connectivity index (χ0) is 18.5. The number of fused-ring (bicyclic) bond motifs is 1. The van der Waals surface area contributed by atoms with Crippen LogP contribution in [-0.2, 0) is 20.7 Å². The Labute approximate surface area is 153 Å². The van der Waals surface area contributed by atoms with E-state index in [-0.39, 0.29) is 18.1 Å². The average molecular weight is 350 g/mol. The van der Waals surface area contributed by atoms with Gasteiger partial charge in [0.05, 0.1) is 18.2 Å². The van der Waals surface area contributed by atoms with Crippen molar-refractivity contribution in [1.82, 2.24) is 5.32 Å². The fourth-order valence-corrected chi connectivity index (χ4v) is 3.14. The minimum atomic E-state index is -0.622. The molecule has 5 nitrogen and oxygen atoms in total. The zero-order valence-electron chi connectivity index (χ0n) is 15.0. The van der Waals surface area contributed by atoms with Crippen molar-refractivity contribution in [1.29, 1.82) is 0 Å². The highest BCUT2D eigenvalue weighted by molar-refractivity contribution is 6.25. The molecule has 1 aromatic carbocycles. The van der Waals surface area contributed by atoms with Crippen LogP contribution in [0.5, 0.6) is 0 Å². The van der Waals surface area contributed by atoms with Crippen molar-refractivity contribution in [2.75, 3.05) is 13.2 Å². The number of rotatable bonds is 6. The molecule has 3 rings (SSSR count). The first-order valence-corrected chi connectivity index (χ1v) is 8.79. The monoisotopic (exact) mass is 350 g/mol. The van der Waals surface area contributed by atoms with Crippen LogP contribution in [0.15, 0.2) is 70.4 Å². The summed E-state index contributed by atoms with van der Waals surface area (Å²) < 4.78 is 5.09. The first-order valence-electron chi connectivity index (χ1n) is 8.79. The highest BCUT2D eigenvalue weighted by Gasteiger charge is 2.36. The second-order valence-electron chi connectivity index (χ2n) is 6.19. The van der Waals surface area contributed by atoms with Crippen molar-refractivity contribution < 1.29 is 14.3 Å². The SMILES string of the molecule is CCOC(=O)C1=C(NCCc2ccccc2)C2C=CC=C(C)C2=NC1=O. The summed E-state index contributed by atoms with van der Waals surface area (Å²) >= 11 is 0. The van der Waals surface area contributed by atoms with Gasteiger partial charge in [-0.25, -0.2) is 9.79 Å². The van der Waals surface area contributed by atoms with Crippen LogP contribution in [0.3, 0.4) is 0 Å². The largest absolute Gasteiger partial charge is 0.462 e. The number of hydrogen-bond acceptors (Lipinski definition) is 4. The number of nitrogens with zero attached hydrogens (tertiary/aromatic N) is 1. The van der Waals surface area contributed by atoms with Crippen LogP contribution in [0.2, 0.25) is 0 Å². The van der Waals surface area contributed by atoms with Crippen LogP contribution in [0.25, 0.3) is 0 Å². The highest BCUT2D eigenvalue weighted by atomic mass is 16.5. The maximum atomic E-state index is 12.5. The molecule has 2 aliphatic rings. The number of dihydropyridines is 1. The molecule has 0 aromatic heterocycles. The molecule has 1 amide bonds. The summed E-state index contributed by atoms with van der Waals surface area (Å²) in [6, 6.07) is 10.1. The van der Waals surface area contributed by atoms with Crippen LogP contribution in [0.4, 0.5) is 0 Å². The third-order valence-corrected chi connectivity index (χ3v) is 4.42. The van der Waals surface area contributed by atoms with Gasteiger partial charge in [-0.2, -0.15) is 0 Å². The van der Waals surface area contributed by atoms with Crippen molar-refractivity contribution in [2.24, 2.45) is 10.9 Å². The summed E-state index contributed by atoms with van der Waals surface area (Å²) in [4.78, 5) is 29.0. The van der Waals surface area contributed by atoms with E-state index in [0.29, 0.717) is 18.0 Å². The Kier molecular flexibility index (Phi) is 5.46. The number of esters is 1. The Bertz CT molecular complexity index is 832. The van der Waals surface area contributed by atoms with Crippen LogP contribution >= 0.6 is 0 Å². The smallest absolute Gasteiger partial charge is 0.345 e. The molecule has 0 spiro atoms. The Balaban J connectivity index is 1.87. The fourth-order valence-electron chi connectivity index (χ4n) is 3.14. The van der Waals surface area contributed by atoms with Crippen LogP contribution < -0.4 is 5.32 Å². The van der Waals surface area contributed by atoms with Crippen LogP contribution in [0.1, 0.15) is 19.4 Å². The summed E-state index contributed by atoms with van der Waals surface area (Å²) in [5.74, 6) is -1.39. The summed E-state index contributed by atoms with van der Waals surface area (Å²) in [7, 11) is 0. The highest BCUT2D eigenvalue weighted by Crippen LogP contribution is 2.29. The molecule has 0 bridgehead atoms. The van der Waals surface area contributed by atoms with E-state index in [1.165, 1.54) is 5.56 Å². The van der Waals surface area contributed by atoms with E-state index in [0.717, 1.165) is 12.0 Å². The quantitative estimate of drug-likeness (QED) is 0.633. The maximum Gasteiger partial charge on any atom is 0.345 e. The number of allylic oxidation sites excluding steroid dienone is 4. The second kappa shape index (κ2) is 7.95. The lowest BCUT2D eigenvalue weighted by molar-refractivity contribution is -0.140. The van der Waals surface area contributed by atoms with Gasteiger partial charge in [0.1, 0.15) is 5.57 Å². The molecule has 1 heterocycles. The van der Waals surface area contributed by atoms with Gasteiger partial charge in [-0.1, -0.05) is 48.6 Å². The number of hydrogen-bond donors (Lipinski definition) is 1. The first kappa shape index (κ1) is 17.9. The molecule has 1 unspecified atom stereocenters. The summed E-state index contributed by atoms with van der Waals surface area (Å²) in [6.45, 7) is 4.45. The van der Waals surface area contributed by atoms with Crippen molar-refractivity contribution in [3.8, 4) is 0 Å². The standard InChI is InChI=1S/C21H22N2O3/c1-3-26-21(25)17-19(22-13-12-15-9-5-4-6-10-15)16-11-7-8-14(2)18(16)23-20(17)24/h4-11,16,22H,3,12-13H2,1-2H3. The van der Waals surface area contributed by atoms with Gasteiger partial charge in [-0.3, -0.25) is 4.79 Å². The molecule has 1 N–H and O–H groups in total. The van der Waals surface area contributed by atoms with Crippen molar-refractivity contribution in [3.63, 3.8) is 0 Å². The molecular formula is C21H22N2O3. The Hall–Kier alpha value is -2.95. The Morgan fingerprint density at radius 3 is 2.77 bits per heavy atom. The molecule has 1 atom stereocenters. The number of benzene rings is 1. The first-order chi connectivity index (χ1) is 12.6. The number of amides is 1. The molecule has 26 heavy (non-hydrogen) atoms. The van der Waals surface area contributed by atoms with Gasteiger partial charge in [-0.05, 0) is 31.4 Å². The third-order valence-electron chi connectivity index (χ3n) is 4.42. The molecule has 1 aromatic rings. The minimum absolute atomic E-state index is 0.00742. The molecule has 0 saturated heterocycles. The van der Waals surface area contributed by atoms with Gasteiger partial charge in [0.2, 0.25) is 0 Å². The van der Waals surface area contributed by atoms with Gasteiger partial charge < -0.3 is 10.1 Å². The van der Waals surface area contributed by atoms with Gasteiger partial charge in [0.15, 0.2) is 0 Å². The Morgan fingerprint density at radius 1 is 1.27 bits per heavy atom. The average Bonchev–Trinajstić information content (AvgIpc) is 2.63. The second-order valence-corrected chi connectivity index (χ2v) is 6.19. The summed E-state index contributed by atoms with van der Waals surface area (Å²) in [6.07, 6.45) is 6.57.